The first-order valence-corrected chi connectivity index (χ1v) is 4.76. The smallest absolute Gasteiger partial charge is 0.220 e. The predicted octanol–water partition coefficient (Wildman–Crippen LogP) is 0.703. The molecule has 1 aromatic rings. The lowest BCUT2D eigenvalue weighted by Gasteiger charge is -2.08. The van der Waals surface area contributed by atoms with Gasteiger partial charge < -0.3 is 16.2 Å². The highest BCUT2D eigenvalue weighted by atomic mass is 16.5. The first-order valence-electron chi connectivity index (χ1n) is 4.76. The Bertz CT molecular complexity index is 449. The highest BCUT2D eigenvalue weighted by molar-refractivity contribution is 5.73. The van der Waals surface area contributed by atoms with Gasteiger partial charge in [0.1, 0.15) is 11.8 Å². The highest BCUT2D eigenvalue weighted by Gasteiger charge is 2.05. The third kappa shape index (κ3) is 2.89. The summed E-state index contributed by atoms with van der Waals surface area (Å²) in [5, 5.41) is 8.82. The zero-order valence-corrected chi connectivity index (χ0v) is 8.99. The Labute approximate surface area is 93.6 Å². The number of carbonyl (C=O) groups excluding carboxylic acids is 1. The van der Waals surface area contributed by atoms with Crippen LogP contribution in [0.3, 0.4) is 0 Å². The van der Waals surface area contributed by atoms with Crippen molar-refractivity contribution in [1.82, 2.24) is 0 Å². The second kappa shape index (κ2) is 5.03. The van der Waals surface area contributed by atoms with Crippen molar-refractivity contribution in [3.63, 3.8) is 0 Å². The van der Waals surface area contributed by atoms with E-state index in [1.54, 1.807) is 19.1 Å². The van der Waals surface area contributed by atoms with Crippen LogP contribution in [0, 0.1) is 18.3 Å². The van der Waals surface area contributed by atoms with Crippen LogP contribution in [-0.4, -0.2) is 12.5 Å². The van der Waals surface area contributed by atoms with Gasteiger partial charge in [-0.3, -0.25) is 4.79 Å². The Morgan fingerprint density at radius 3 is 2.81 bits per heavy atom. The van der Waals surface area contributed by atoms with Gasteiger partial charge in [0.2, 0.25) is 5.91 Å². The number of anilines is 1. The van der Waals surface area contributed by atoms with Crippen molar-refractivity contribution in [2.24, 2.45) is 5.73 Å². The lowest BCUT2D eigenvalue weighted by atomic mass is 10.1. The number of aryl methyl sites for hydroxylation is 1. The maximum atomic E-state index is 10.5. The summed E-state index contributed by atoms with van der Waals surface area (Å²) in [6.07, 6.45) is 0.144. The van der Waals surface area contributed by atoms with Crippen LogP contribution in [-0.2, 0) is 4.79 Å². The average Bonchev–Trinajstić information content (AvgIpc) is 2.22. The summed E-state index contributed by atoms with van der Waals surface area (Å²) in [5.74, 6) is 0.0946. The minimum absolute atomic E-state index is 0.144. The molecule has 5 nitrogen and oxygen atoms in total. The molecule has 16 heavy (non-hydrogen) atoms. The monoisotopic (exact) mass is 219 g/mol. The summed E-state index contributed by atoms with van der Waals surface area (Å²) < 4.78 is 5.29. The zero-order valence-electron chi connectivity index (χ0n) is 8.99. The number of nitrogen functional groups attached to an aromatic ring is 1. The minimum atomic E-state index is -0.423. The number of rotatable bonds is 4. The van der Waals surface area contributed by atoms with E-state index >= 15 is 0 Å². The van der Waals surface area contributed by atoms with E-state index in [1.165, 1.54) is 0 Å². The van der Waals surface area contributed by atoms with Crippen LogP contribution in [0.4, 0.5) is 5.69 Å². The normalized spacial score (nSPS) is 9.50. The SMILES string of the molecule is Cc1cc(OCCC(N)=O)cc(C#N)c1N. The molecule has 0 aliphatic carbocycles. The number of ether oxygens (including phenoxy) is 1. The van der Waals surface area contributed by atoms with Gasteiger partial charge in [-0.1, -0.05) is 0 Å². The van der Waals surface area contributed by atoms with Gasteiger partial charge >= 0.3 is 0 Å². The molecule has 4 N–H and O–H groups in total. The van der Waals surface area contributed by atoms with Crippen LogP contribution in [0.5, 0.6) is 5.75 Å². The van der Waals surface area contributed by atoms with Crippen LogP contribution in [0.1, 0.15) is 17.5 Å². The number of carbonyl (C=O) groups is 1. The highest BCUT2D eigenvalue weighted by Crippen LogP contribution is 2.23. The molecule has 0 aliphatic heterocycles. The number of hydrogen-bond donors (Lipinski definition) is 2. The Morgan fingerprint density at radius 2 is 2.25 bits per heavy atom. The number of amides is 1. The van der Waals surface area contributed by atoms with Crippen molar-refractivity contribution in [3.05, 3.63) is 23.3 Å². The Kier molecular flexibility index (Phi) is 3.72. The fourth-order valence-electron chi connectivity index (χ4n) is 1.21. The number of hydrogen-bond acceptors (Lipinski definition) is 4. The van der Waals surface area contributed by atoms with Gasteiger partial charge in [-0.15, -0.1) is 0 Å². The molecule has 0 unspecified atom stereocenters. The van der Waals surface area contributed by atoms with Crippen molar-refractivity contribution in [2.45, 2.75) is 13.3 Å². The Morgan fingerprint density at radius 1 is 1.56 bits per heavy atom. The van der Waals surface area contributed by atoms with Crippen LogP contribution >= 0.6 is 0 Å². The topological polar surface area (TPSA) is 102 Å². The van der Waals surface area contributed by atoms with Gasteiger partial charge in [0, 0.05) is 0 Å². The van der Waals surface area contributed by atoms with Crippen molar-refractivity contribution in [1.29, 1.82) is 5.26 Å². The molecule has 0 aromatic heterocycles. The first-order chi connectivity index (χ1) is 7.54. The van der Waals surface area contributed by atoms with Gasteiger partial charge in [-0.2, -0.15) is 5.26 Å². The first kappa shape index (κ1) is 11.9. The van der Waals surface area contributed by atoms with Gasteiger partial charge in [-0.25, -0.2) is 0 Å². The third-order valence-electron chi connectivity index (χ3n) is 2.10. The van der Waals surface area contributed by atoms with Crippen LogP contribution in [0.25, 0.3) is 0 Å². The molecule has 0 aliphatic rings. The number of primary amides is 1. The number of benzene rings is 1. The molecule has 0 spiro atoms. The fourth-order valence-corrected chi connectivity index (χ4v) is 1.21. The minimum Gasteiger partial charge on any atom is -0.493 e. The molecule has 1 rings (SSSR count). The van der Waals surface area contributed by atoms with Crippen molar-refractivity contribution in [3.8, 4) is 11.8 Å². The summed E-state index contributed by atoms with van der Waals surface area (Å²) in [5.41, 5.74) is 12.3. The largest absolute Gasteiger partial charge is 0.493 e. The second-order valence-corrected chi connectivity index (χ2v) is 3.38. The van der Waals surface area contributed by atoms with Gasteiger partial charge in [0.15, 0.2) is 0 Å². The van der Waals surface area contributed by atoms with Crippen LogP contribution < -0.4 is 16.2 Å². The number of nitriles is 1. The van der Waals surface area contributed by atoms with Crippen molar-refractivity contribution < 1.29 is 9.53 Å². The van der Waals surface area contributed by atoms with E-state index in [0.717, 1.165) is 5.56 Å². The Hall–Kier alpha value is -2.22. The van der Waals surface area contributed by atoms with Gasteiger partial charge in [0.25, 0.3) is 0 Å². The molecule has 84 valence electrons. The molecule has 5 heteroatoms. The molecule has 1 aromatic carbocycles. The third-order valence-corrected chi connectivity index (χ3v) is 2.10. The number of nitrogens with zero attached hydrogens (tertiary/aromatic N) is 1. The van der Waals surface area contributed by atoms with Crippen LogP contribution in [0.2, 0.25) is 0 Å². The van der Waals surface area contributed by atoms with E-state index in [4.69, 9.17) is 21.5 Å². The number of nitrogens with two attached hydrogens (primary N) is 2. The fraction of sp³-hybridized carbons (Fsp3) is 0.273. The van der Waals surface area contributed by atoms with E-state index in [0.29, 0.717) is 17.0 Å². The summed E-state index contributed by atoms with van der Waals surface area (Å²) in [4.78, 5) is 10.5. The predicted molar refractivity (Wildman–Crippen MR) is 59.6 cm³/mol. The summed E-state index contributed by atoms with van der Waals surface area (Å²) >= 11 is 0. The van der Waals surface area contributed by atoms with Crippen LogP contribution in [0.15, 0.2) is 12.1 Å². The maximum absolute atomic E-state index is 10.5. The molecular formula is C11H13N3O2. The van der Waals surface area contributed by atoms with Gasteiger partial charge in [-0.05, 0) is 24.6 Å². The molecule has 0 saturated carbocycles. The molecule has 0 bridgehead atoms. The van der Waals surface area contributed by atoms with Gasteiger partial charge in [0.05, 0.1) is 24.3 Å². The second-order valence-electron chi connectivity index (χ2n) is 3.38. The lowest BCUT2D eigenvalue weighted by molar-refractivity contribution is -0.118. The molecular weight excluding hydrogens is 206 g/mol. The summed E-state index contributed by atoms with van der Waals surface area (Å²) in [6.45, 7) is 1.99. The molecule has 0 saturated heterocycles. The summed E-state index contributed by atoms with van der Waals surface area (Å²) in [7, 11) is 0. The van der Waals surface area contributed by atoms with E-state index in [2.05, 4.69) is 0 Å². The lowest BCUT2D eigenvalue weighted by Crippen LogP contribution is -2.14. The average molecular weight is 219 g/mol. The van der Waals surface area contributed by atoms with E-state index < -0.39 is 5.91 Å². The molecule has 0 atom stereocenters. The molecule has 0 radical (unpaired) electrons. The Balaban J connectivity index is 2.79. The van der Waals surface area contributed by atoms with E-state index in [-0.39, 0.29) is 13.0 Å². The molecule has 1 amide bonds. The maximum Gasteiger partial charge on any atom is 0.220 e. The van der Waals surface area contributed by atoms with Crippen molar-refractivity contribution >= 4 is 11.6 Å². The summed E-state index contributed by atoms with van der Waals surface area (Å²) in [6, 6.07) is 5.24. The molecule has 0 fully saturated rings. The van der Waals surface area contributed by atoms with E-state index in [9.17, 15) is 4.79 Å². The van der Waals surface area contributed by atoms with Crippen molar-refractivity contribution in [2.75, 3.05) is 12.3 Å². The standard InChI is InChI=1S/C11H13N3O2/c1-7-4-9(16-3-2-10(13)15)5-8(6-12)11(7)14/h4-5H,2-3,14H2,1H3,(H2,13,15). The zero-order chi connectivity index (χ0) is 12.1. The quantitative estimate of drug-likeness (QED) is 0.727. The van der Waals surface area contributed by atoms with E-state index in [1.807, 2.05) is 6.07 Å². The molecule has 0 heterocycles.